The molecule has 0 aliphatic rings. The third kappa shape index (κ3) is 4.03. The lowest BCUT2D eigenvalue weighted by atomic mass is 10.1. The lowest BCUT2D eigenvalue weighted by Gasteiger charge is -2.12. The minimum absolute atomic E-state index is 0.138. The number of hydrogen-bond acceptors (Lipinski definition) is 3. The van der Waals surface area contributed by atoms with Crippen molar-refractivity contribution in [2.75, 3.05) is 0 Å². The van der Waals surface area contributed by atoms with Crippen molar-refractivity contribution in [1.82, 2.24) is 0 Å². The second-order valence-electron chi connectivity index (χ2n) is 5.02. The summed E-state index contributed by atoms with van der Waals surface area (Å²) in [5.74, 6) is -2.13. The van der Waals surface area contributed by atoms with Crippen LogP contribution < -0.4 is 4.74 Å². The normalized spacial score (nSPS) is 10.7. The molecule has 0 fully saturated rings. The Balaban J connectivity index is 2.29. The highest BCUT2D eigenvalue weighted by Crippen LogP contribution is 2.26. The molecule has 0 aromatic heterocycles. The number of carbonyl (C=O) groups is 2. The summed E-state index contributed by atoms with van der Waals surface area (Å²) in [4.78, 5) is 22.6. The summed E-state index contributed by atoms with van der Waals surface area (Å²) in [6.07, 6.45) is 2.48. The van der Waals surface area contributed by atoms with Crippen molar-refractivity contribution in [3.63, 3.8) is 0 Å². The Morgan fingerprint density at radius 3 is 2.30 bits per heavy atom. The summed E-state index contributed by atoms with van der Waals surface area (Å²) in [7, 11) is 0. The van der Waals surface area contributed by atoms with Crippen molar-refractivity contribution in [3.8, 4) is 5.75 Å². The van der Waals surface area contributed by atoms with Gasteiger partial charge in [-0.3, -0.25) is 0 Å². The SMILES string of the molecule is Cc1cc(/C=C/C(=O)O)cc(C)c1OC(=O)c1ccccc1F. The van der Waals surface area contributed by atoms with E-state index in [-0.39, 0.29) is 5.56 Å². The first-order chi connectivity index (χ1) is 10.9. The van der Waals surface area contributed by atoms with Gasteiger partial charge in [0.1, 0.15) is 11.6 Å². The van der Waals surface area contributed by atoms with E-state index < -0.39 is 17.8 Å². The summed E-state index contributed by atoms with van der Waals surface area (Å²) in [6, 6.07) is 8.97. The Bertz CT molecular complexity index is 770. The van der Waals surface area contributed by atoms with Gasteiger partial charge in [0.15, 0.2) is 0 Å². The number of esters is 1. The van der Waals surface area contributed by atoms with E-state index in [0.717, 1.165) is 6.08 Å². The molecule has 0 atom stereocenters. The van der Waals surface area contributed by atoms with Gasteiger partial charge in [0.05, 0.1) is 5.56 Å². The second-order valence-corrected chi connectivity index (χ2v) is 5.02. The van der Waals surface area contributed by atoms with Crippen LogP contribution in [0, 0.1) is 19.7 Å². The number of halogens is 1. The molecular formula is C18H15FO4. The largest absolute Gasteiger partial charge is 0.478 e. The minimum Gasteiger partial charge on any atom is -0.478 e. The summed E-state index contributed by atoms with van der Waals surface area (Å²) >= 11 is 0. The van der Waals surface area contributed by atoms with E-state index in [0.29, 0.717) is 22.4 Å². The van der Waals surface area contributed by atoms with Gasteiger partial charge in [-0.2, -0.15) is 0 Å². The van der Waals surface area contributed by atoms with Crippen LogP contribution in [0.1, 0.15) is 27.0 Å². The number of rotatable bonds is 4. The monoisotopic (exact) mass is 314 g/mol. The predicted molar refractivity (Wildman–Crippen MR) is 83.9 cm³/mol. The van der Waals surface area contributed by atoms with Gasteiger partial charge in [-0.25, -0.2) is 14.0 Å². The average molecular weight is 314 g/mol. The number of hydrogen-bond donors (Lipinski definition) is 1. The number of carboxylic acid groups (broad SMARTS) is 1. The van der Waals surface area contributed by atoms with Gasteiger partial charge in [-0.1, -0.05) is 12.1 Å². The van der Waals surface area contributed by atoms with E-state index in [4.69, 9.17) is 9.84 Å². The Morgan fingerprint density at radius 1 is 1.13 bits per heavy atom. The molecule has 0 saturated heterocycles. The van der Waals surface area contributed by atoms with E-state index in [1.165, 1.54) is 24.3 Å². The van der Waals surface area contributed by atoms with Crippen molar-refractivity contribution in [1.29, 1.82) is 0 Å². The number of ether oxygens (including phenoxy) is 1. The summed E-state index contributed by atoms with van der Waals surface area (Å²) < 4.78 is 18.9. The number of carbonyl (C=O) groups excluding carboxylic acids is 1. The zero-order valence-electron chi connectivity index (χ0n) is 12.7. The number of carboxylic acids is 1. The molecule has 0 unspecified atom stereocenters. The van der Waals surface area contributed by atoms with Gasteiger partial charge in [0.25, 0.3) is 0 Å². The fourth-order valence-corrected chi connectivity index (χ4v) is 2.18. The molecule has 2 aromatic rings. The molecule has 4 nitrogen and oxygen atoms in total. The minimum atomic E-state index is -1.05. The van der Waals surface area contributed by atoms with Gasteiger partial charge in [-0.15, -0.1) is 0 Å². The maximum Gasteiger partial charge on any atom is 0.346 e. The first-order valence-corrected chi connectivity index (χ1v) is 6.87. The molecule has 0 bridgehead atoms. The highest BCUT2D eigenvalue weighted by Gasteiger charge is 2.16. The maximum atomic E-state index is 13.6. The van der Waals surface area contributed by atoms with Crippen LogP contribution in [-0.4, -0.2) is 17.0 Å². The highest BCUT2D eigenvalue weighted by molar-refractivity contribution is 5.91. The molecule has 5 heteroatoms. The summed E-state index contributed by atoms with van der Waals surface area (Å²) in [5.41, 5.74) is 1.84. The highest BCUT2D eigenvalue weighted by atomic mass is 19.1. The van der Waals surface area contributed by atoms with Crippen molar-refractivity contribution in [2.45, 2.75) is 13.8 Å². The van der Waals surface area contributed by atoms with E-state index in [1.54, 1.807) is 32.0 Å². The lowest BCUT2D eigenvalue weighted by molar-refractivity contribution is -0.131. The van der Waals surface area contributed by atoms with Crippen LogP contribution in [-0.2, 0) is 4.79 Å². The fraction of sp³-hybridized carbons (Fsp3) is 0.111. The van der Waals surface area contributed by atoms with Gasteiger partial charge < -0.3 is 9.84 Å². The predicted octanol–water partition coefficient (Wildman–Crippen LogP) is 3.76. The van der Waals surface area contributed by atoms with E-state index in [1.807, 2.05) is 0 Å². The molecule has 1 N–H and O–H groups in total. The van der Waals surface area contributed by atoms with Gasteiger partial charge in [0, 0.05) is 6.08 Å². The molecule has 118 valence electrons. The van der Waals surface area contributed by atoms with Gasteiger partial charge >= 0.3 is 11.9 Å². The second kappa shape index (κ2) is 6.87. The molecule has 0 aliphatic carbocycles. The zero-order valence-corrected chi connectivity index (χ0v) is 12.7. The standard InChI is InChI=1S/C18H15FO4/c1-11-9-13(7-8-16(20)21)10-12(2)17(11)23-18(22)14-5-3-4-6-15(14)19/h3-10H,1-2H3,(H,20,21)/b8-7+. The van der Waals surface area contributed by atoms with E-state index >= 15 is 0 Å². The number of aryl methyl sites for hydroxylation is 2. The van der Waals surface area contributed by atoms with Crippen LogP contribution in [0.25, 0.3) is 6.08 Å². The third-order valence-electron chi connectivity index (χ3n) is 3.19. The maximum absolute atomic E-state index is 13.6. The van der Waals surface area contributed by atoms with Crippen LogP contribution in [0.4, 0.5) is 4.39 Å². The van der Waals surface area contributed by atoms with Crippen molar-refractivity contribution in [3.05, 3.63) is 70.5 Å². The molecule has 0 amide bonds. The fourth-order valence-electron chi connectivity index (χ4n) is 2.18. The van der Waals surface area contributed by atoms with Crippen LogP contribution >= 0.6 is 0 Å². The van der Waals surface area contributed by atoms with Crippen LogP contribution in [0.2, 0.25) is 0 Å². The average Bonchev–Trinajstić information content (AvgIpc) is 2.49. The smallest absolute Gasteiger partial charge is 0.346 e. The van der Waals surface area contributed by atoms with E-state index in [9.17, 15) is 14.0 Å². The quantitative estimate of drug-likeness (QED) is 0.530. The topological polar surface area (TPSA) is 63.6 Å². The molecule has 0 saturated carbocycles. The molecule has 2 aromatic carbocycles. The first kappa shape index (κ1) is 16.4. The van der Waals surface area contributed by atoms with Crippen LogP contribution in [0.5, 0.6) is 5.75 Å². The molecule has 23 heavy (non-hydrogen) atoms. The molecule has 2 rings (SSSR count). The molecule has 0 heterocycles. The Labute approximate surface area is 132 Å². The Kier molecular flexibility index (Phi) is 4.91. The van der Waals surface area contributed by atoms with Crippen molar-refractivity contribution >= 4 is 18.0 Å². The molecule has 0 radical (unpaired) electrons. The number of benzene rings is 2. The van der Waals surface area contributed by atoms with Gasteiger partial charge in [0.2, 0.25) is 0 Å². The van der Waals surface area contributed by atoms with Crippen molar-refractivity contribution in [2.24, 2.45) is 0 Å². The van der Waals surface area contributed by atoms with Crippen molar-refractivity contribution < 1.29 is 23.8 Å². The van der Waals surface area contributed by atoms with Crippen LogP contribution in [0.15, 0.2) is 42.5 Å². The molecule has 0 spiro atoms. The first-order valence-electron chi connectivity index (χ1n) is 6.87. The van der Waals surface area contributed by atoms with Gasteiger partial charge in [-0.05, 0) is 60.9 Å². The summed E-state index contributed by atoms with van der Waals surface area (Å²) in [6.45, 7) is 3.46. The lowest BCUT2D eigenvalue weighted by Crippen LogP contribution is -2.12. The van der Waals surface area contributed by atoms with E-state index in [2.05, 4.69) is 0 Å². The van der Waals surface area contributed by atoms with Crippen LogP contribution in [0.3, 0.4) is 0 Å². The number of aliphatic carboxylic acids is 1. The third-order valence-corrected chi connectivity index (χ3v) is 3.19. The molecule has 0 aliphatic heterocycles. The Hall–Kier alpha value is -2.95. The summed E-state index contributed by atoms with van der Waals surface area (Å²) in [5, 5.41) is 8.65. The Morgan fingerprint density at radius 2 is 1.74 bits per heavy atom. The molecular weight excluding hydrogens is 299 g/mol. The zero-order chi connectivity index (χ0) is 17.0.